The van der Waals surface area contributed by atoms with Gasteiger partial charge in [0.1, 0.15) is 30.1 Å². The highest BCUT2D eigenvalue weighted by Gasteiger charge is 2.37. The van der Waals surface area contributed by atoms with Crippen LogP contribution in [-0.2, 0) is 35.1 Å². The maximum atomic E-state index is 14.9. The number of nitrogens with two attached hydrogens (primary N) is 1. The van der Waals surface area contributed by atoms with E-state index >= 15 is 0 Å². The van der Waals surface area contributed by atoms with Crippen LogP contribution in [0, 0.1) is 17.6 Å². The number of halogens is 2. The molecule has 1 aromatic heterocycles. The predicted molar refractivity (Wildman–Crippen MR) is 176 cm³/mol. The van der Waals surface area contributed by atoms with Crippen LogP contribution in [-0.4, -0.2) is 102 Å². The molecule has 4 amide bonds. The summed E-state index contributed by atoms with van der Waals surface area (Å²) in [5, 5.41) is 2.50. The maximum absolute atomic E-state index is 14.9. The molecule has 3 aromatic rings. The van der Waals surface area contributed by atoms with Crippen molar-refractivity contribution in [1.82, 2.24) is 24.7 Å². The molecule has 266 valence electrons. The number of carbonyl (C=O) groups excluding carboxylic acids is 4. The summed E-state index contributed by atoms with van der Waals surface area (Å²) in [7, 11) is 1.60. The molecule has 0 spiro atoms. The monoisotopic (exact) mass is 694 g/mol. The van der Waals surface area contributed by atoms with Crippen molar-refractivity contribution in [2.75, 3.05) is 53.2 Å². The molecule has 3 heterocycles. The first-order chi connectivity index (χ1) is 24.1. The second-order valence-electron chi connectivity index (χ2n) is 12.0. The molecule has 1 saturated heterocycles. The Bertz CT molecular complexity index is 1680. The molecule has 2 aliphatic rings. The lowest BCUT2D eigenvalue weighted by Gasteiger charge is -2.37. The molecular formula is C35H40F2N6O7. The van der Waals surface area contributed by atoms with Crippen molar-refractivity contribution in [2.45, 2.75) is 31.5 Å². The number of nitrogens with zero attached hydrogens (tertiary/aromatic N) is 4. The summed E-state index contributed by atoms with van der Waals surface area (Å²) in [6.07, 6.45) is 4.45. The average Bonchev–Trinajstić information content (AvgIpc) is 3.67. The number of benzene rings is 2. The quantitative estimate of drug-likeness (QED) is 0.180. The van der Waals surface area contributed by atoms with E-state index in [-0.39, 0.29) is 43.5 Å². The van der Waals surface area contributed by atoms with Crippen LogP contribution in [0.2, 0.25) is 0 Å². The van der Waals surface area contributed by atoms with Crippen LogP contribution < -0.4 is 11.1 Å². The Kier molecular flexibility index (Phi) is 12.4. The van der Waals surface area contributed by atoms with Crippen molar-refractivity contribution in [3.05, 3.63) is 89.9 Å². The largest absolute Gasteiger partial charge is 0.447 e. The molecule has 0 saturated carbocycles. The number of rotatable bonds is 15. The summed E-state index contributed by atoms with van der Waals surface area (Å²) < 4.78 is 47.2. The molecule has 50 heavy (non-hydrogen) atoms. The van der Waals surface area contributed by atoms with Gasteiger partial charge in [0.05, 0.1) is 31.5 Å². The summed E-state index contributed by atoms with van der Waals surface area (Å²) in [6, 6.07) is 10.9. The van der Waals surface area contributed by atoms with E-state index in [1.54, 1.807) is 13.2 Å². The molecule has 2 aromatic carbocycles. The van der Waals surface area contributed by atoms with E-state index in [9.17, 15) is 28.0 Å². The van der Waals surface area contributed by atoms with Crippen LogP contribution >= 0.6 is 0 Å². The highest BCUT2D eigenvalue weighted by atomic mass is 19.1. The number of imide groups is 1. The van der Waals surface area contributed by atoms with Crippen LogP contribution in [0.4, 0.5) is 13.6 Å². The van der Waals surface area contributed by atoms with Gasteiger partial charge in [-0.2, -0.15) is 0 Å². The minimum Gasteiger partial charge on any atom is -0.447 e. The molecule has 13 nitrogen and oxygen atoms in total. The SMILES string of the molecule is CN(C(=O)C(N)COC(=O)NCCOCCN1C(=O)C=CC1=O)C(c1nc(-c2cc(F)ccc2F)cn1Cc1ccccc1)C1CCOCC1. The zero-order valence-electron chi connectivity index (χ0n) is 27.6. The molecule has 1 fully saturated rings. The van der Waals surface area contributed by atoms with Crippen LogP contribution in [0.15, 0.2) is 66.9 Å². The summed E-state index contributed by atoms with van der Waals surface area (Å²) in [5.74, 6) is -2.20. The Morgan fingerprint density at radius 1 is 1.08 bits per heavy atom. The lowest BCUT2D eigenvalue weighted by molar-refractivity contribution is -0.138. The molecule has 15 heteroatoms. The van der Waals surface area contributed by atoms with Gasteiger partial charge in [0, 0.05) is 57.3 Å². The number of aromatic nitrogens is 2. The Morgan fingerprint density at radius 3 is 2.52 bits per heavy atom. The summed E-state index contributed by atoms with van der Waals surface area (Å²) >= 11 is 0. The van der Waals surface area contributed by atoms with E-state index in [2.05, 4.69) is 5.32 Å². The number of ether oxygens (including phenoxy) is 3. The van der Waals surface area contributed by atoms with Crippen molar-refractivity contribution < 1.29 is 42.2 Å². The molecule has 5 rings (SSSR count). The third-order valence-electron chi connectivity index (χ3n) is 8.54. The fourth-order valence-electron chi connectivity index (χ4n) is 5.95. The van der Waals surface area contributed by atoms with Crippen molar-refractivity contribution >= 4 is 23.8 Å². The molecule has 0 radical (unpaired) electrons. The molecule has 3 N–H and O–H groups in total. The number of alkyl carbamates (subject to hydrolysis) is 1. The van der Waals surface area contributed by atoms with Gasteiger partial charge in [-0.1, -0.05) is 30.3 Å². The fourth-order valence-corrected chi connectivity index (χ4v) is 5.95. The summed E-state index contributed by atoms with van der Waals surface area (Å²) in [5.41, 5.74) is 7.40. The minimum atomic E-state index is -1.22. The van der Waals surface area contributed by atoms with Crippen molar-refractivity contribution in [2.24, 2.45) is 11.7 Å². The summed E-state index contributed by atoms with van der Waals surface area (Å²) in [4.78, 5) is 56.6. The van der Waals surface area contributed by atoms with Crippen molar-refractivity contribution in [1.29, 1.82) is 0 Å². The Labute approximate surface area is 288 Å². The van der Waals surface area contributed by atoms with Gasteiger partial charge in [0.25, 0.3) is 11.8 Å². The average molecular weight is 695 g/mol. The van der Waals surface area contributed by atoms with Gasteiger partial charge in [-0.3, -0.25) is 19.3 Å². The van der Waals surface area contributed by atoms with E-state index in [0.717, 1.165) is 28.7 Å². The number of hydrogen-bond acceptors (Lipinski definition) is 9. The standard InChI is InChI=1S/C35H40F2N6O7/c1-41(34(46)28(38)22-50-35(47)39-13-17-49-18-14-43-30(44)9-10-31(43)45)32(24-11-15-48-16-12-24)33-40-29(26-19-25(36)7-8-27(26)37)21-42(33)20-23-5-3-2-4-6-23/h2-10,19,21,24,28,32H,11-18,20,22,38H2,1H3,(H,39,47). The number of hydrogen-bond donors (Lipinski definition) is 2. The zero-order chi connectivity index (χ0) is 35.6. The molecule has 2 atom stereocenters. The van der Waals surface area contributed by atoms with Crippen LogP contribution in [0.1, 0.15) is 30.3 Å². The van der Waals surface area contributed by atoms with E-state index < -0.39 is 54.1 Å². The number of carbonyl (C=O) groups is 4. The van der Waals surface area contributed by atoms with Crippen LogP contribution in [0.25, 0.3) is 11.3 Å². The third-order valence-corrected chi connectivity index (χ3v) is 8.54. The molecule has 0 bridgehead atoms. The van der Waals surface area contributed by atoms with Gasteiger partial charge >= 0.3 is 6.09 Å². The van der Waals surface area contributed by atoms with Gasteiger partial charge < -0.3 is 34.7 Å². The minimum absolute atomic E-state index is 0.00613. The van der Waals surface area contributed by atoms with E-state index in [4.69, 9.17) is 24.9 Å². The Hall–Kier alpha value is -4.99. The number of amides is 4. The van der Waals surface area contributed by atoms with Gasteiger partial charge in [-0.05, 0) is 42.5 Å². The summed E-state index contributed by atoms with van der Waals surface area (Å²) in [6.45, 7) is 1.23. The second kappa shape index (κ2) is 17.1. The van der Waals surface area contributed by atoms with Crippen molar-refractivity contribution in [3.8, 4) is 11.3 Å². The molecular weight excluding hydrogens is 654 g/mol. The normalized spacial score (nSPS) is 16.0. The van der Waals surface area contributed by atoms with E-state index in [1.165, 1.54) is 17.1 Å². The highest BCUT2D eigenvalue weighted by molar-refractivity contribution is 6.12. The molecule has 2 aliphatic heterocycles. The van der Waals surface area contributed by atoms with Gasteiger partial charge in [-0.25, -0.2) is 18.6 Å². The van der Waals surface area contributed by atoms with Gasteiger partial charge in [0.15, 0.2) is 0 Å². The first-order valence-electron chi connectivity index (χ1n) is 16.3. The van der Waals surface area contributed by atoms with Gasteiger partial charge in [0.2, 0.25) is 5.91 Å². The zero-order valence-corrected chi connectivity index (χ0v) is 27.6. The third kappa shape index (κ3) is 9.16. The molecule has 2 unspecified atom stereocenters. The van der Waals surface area contributed by atoms with Crippen LogP contribution in [0.3, 0.4) is 0 Å². The van der Waals surface area contributed by atoms with Gasteiger partial charge in [-0.15, -0.1) is 0 Å². The van der Waals surface area contributed by atoms with Crippen molar-refractivity contribution in [3.63, 3.8) is 0 Å². The Balaban J connectivity index is 1.25. The number of nitrogens with one attached hydrogen (secondary N) is 1. The maximum Gasteiger partial charge on any atom is 0.407 e. The smallest absolute Gasteiger partial charge is 0.407 e. The predicted octanol–water partition coefficient (Wildman–Crippen LogP) is 2.80. The number of imidazole rings is 1. The Morgan fingerprint density at radius 2 is 1.80 bits per heavy atom. The topological polar surface area (TPSA) is 158 Å². The lowest BCUT2D eigenvalue weighted by atomic mass is 9.89. The van der Waals surface area contributed by atoms with Crippen LogP contribution in [0.5, 0.6) is 0 Å². The second-order valence-corrected chi connectivity index (χ2v) is 12.0. The molecule has 0 aliphatic carbocycles. The number of likely N-dealkylation sites (N-methyl/N-ethyl adjacent to an activating group) is 1. The van der Waals surface area contributed by atoms with E-state index in [0.29, 0.717) is 38.4 Å². The van der Waals surface area contributed by atoms with E-state index in [1.807, 2.05) is 34.9 Å². The first-order valence-corrected chi connectivity index (χ1v) is 16.3. The first kappa shape index (κ1) is 36.3. The fraction of sp³-hybridized carbons (Fsp3) is 0.400. The lowest BCUT2D eigenvalue weighted by Crippen LogP contribution is -2.49. The highest BCUT2D eigenvalue weighted by Crippen LogP contribution is 2.36.